The Morgan fingerprint density at radius 3 is 2.84 bits per heavy atom. The van der Waals surface area contributed by atoms with Gasteiger partial charge in [0.05, 0.1) is 5.56 Å². The van der Waals surface area contributed by atoms with Crippen molar-refractivity contribution in [2.45, 2.75) is 20.3 Å². The Kier molecular flexibility index (Phi) is 2.72. The van der Waals surface area contributed by atoms with Crippen LogP contribution in [-0.4, -0.2) is 11.5 Å². The van der Waals surface area contributed by atoms with Crippen molar-refractivity contribution in [3.05, 3.63) is 52.7 Å². The highest BCUT2D eigenvalue weighted by Gasteiger charge is 2.24. The first-order chi connectivity index (χ1) is 9.20. The van der Waals surface area contributed by atoms with Crippen LogP contribution in [0.25, 0.3) is 0 Å². The fourth-order valence-electron chi connectivity index (χ4n) is 2.71. The van der Waals surface area contributed by atoms with Gasteiger partial charge >= 0.3 is 0 Å². The van der Waals surface area contributed by atoms with E-state index in [4.69, 9.17) is 0 Å². The maximum Gasteiger partial charge on any atom is 0.151 e. The van der Waals surface area contributed by atoms with Gasteiger partial charge in [0.15, 0.2) is 5.82 Å². The summed E-state index contributed by atoms with van der Waals surface area (Å²) in [6, 6.07) is 12.6. The van der Waals surface area contributed by atoms with Gasteiger partial charge in [0.25, 0.3) is 0 Å². The second kappa shape index (κ2) is 4.40. The Hall–Kier alpha value is -2.34. The van der Waals surface area contributed by atoms with E-state index in [9.17, 15) is 5.26 Å². The van der Waals surface area contributed by atoms with E-state index in [1.165, 1.54) is 11.3 Å². The van der Waals surface area contributed by atoms with Crippen LogP contribution < -0.4 is 4.90 Å². The zero-order valence-corrected chi connectivity index (χ0v) is 11.1. The molecule has 94 valence electrons. The highest BCUT2D eigenvalue weighted by atomic mass is 15.2. The van der Waals surface area contributed by atoms with E-state index in [1.807, 2.05) is 26.0 Å². The van der Waals surface area contributed by atoms with Crippen LogP contribution in [-0.2, 0) is 6.42 Å². The van der Waals surface area contributed by atoms with Crippen LogP contribution >= 0.6 is 0 Å². The largest absolute Gasteiger partial charge is 0.325 e. The molecule has 19 heavy (non-hydrogen) atoms. The van der Waals surface area contributed by atoms with Crippen LogP contribution in [0.5, 0.6) is 0 Å². The summed E-state index contributed by atoms with van der Waals surface area (Å²) in [5.41, 5.74) is 5.14. The third-order valence-corrected chi connectivity index (χ3v) is 3.58. The number of rotatable bonds is 1. The average Bonchev–Trinajstić information content (AvgIpc) is 2.81. The molecule has 1 aromatic carbocycles. The molecule has 0 bridgehead atoms. The molecular formula is C16H15N3. The van der Waals surface area contributed by atoms with E-state index in [1.54, 1.807) is 0 Å². The SMILES string of the molecule is Cc1cc(C)c(C#N)c(N2CCc3ccccc32)n1. The maximum absolute atomic E-state index is 9.38. The van der Waals surface area contributed by atoms with Crippen molar-refractivity contribution in [3.63, 3.8) is 0 Å². The van der Waals surface area contributed by atoms with Crippen LogP contribution in [0.1, 0.15) is 22.4 Å². The number of fused-ring (bicyclic) bond motifs is 1. The molecule has 0 spiro atoms. The van der Waals surface area contributed by atoms with Gasteiger partial charge in [0.1, 0.15) is 6.07 Å². The molecule has 0 saturated heterocycles. The number of nitriles is 1. The van der Waals surface area contributed by atoms with E-state index in [0.29, 0.717) is 5.56 Å². The first kappa shape index (κ1) is 11.7. The molecule has 0 fully saturated rings. The number of anilines is 2. The Balaban J connectivity index is 2.17. The van der Waals surface area contributed by atoms with Gasteiger partial charge in [-0.3, -0.25) is 0 Å². The fourth-order valence-corrected chi connectivity index (χ4v) is 2.71. The molecule has 0 unspecified atom stereocenters. The summed E-state index contributed by atoms with van der Waals surface area (Å²) in [7, 11) is 0. The standard InChI is InChI=1S/C16H15N3/c1-11-9-12(2)18-16(14(11)10-17)19-8-7-13-5-3-4-6-15(13)19/h3-6,9H,7-8H2,1-2H3. The van der Waals surface area contributed by atoms with Crippen molar-refractivity contribution >= 4 is 11.5 Å². The molecule has 0 saturated carbocycles. The van der Waals surface area contributed by atoms with Gasteiger partial charge in [-0.1, -0.05) is 18.2 Å². The smallest absolute Gasteiger partial charge is 0.151 e. The predicted molar refractivity (Wildman–Crippen MR) is 75.6 cm³/mol. The molecular weight excluding hydrogens is 234 g/mol. The highest BCUT2D eigenvalue weighted by Crippen LogP contribution is 2.35. The Morgan fingerprint density at radius 1 is 1.26 bits per heavy atom. The molecule has 3 rings (SSSR count). The normalized spacial score (nSPS) is 13.2. The van der Waals surface area contributed by atoms with Crippen LogP contribution in [0.2, 0.25) is 0 Å². The first-order valence-electron chi connectivity index (χ1n) is 6.44. The van der Waals surface area contributed by atoms with Crippen molar-refractivity contribution in [1.29, 1.82) is 5.26 Å². The molecule has 2 heterocycles. The second-order valence-corrected chi connectivity index (χ2v) is 4.92. The molecule has 3 heteroatoms. The van der Waals surface area contributed by atoms with E-state index >= 15 is 0 Å². The summed E-state index contributed by atoms with van der Waals surface area (Å²) < 4.78 is 0. The third-order valence-electron chi connectivity index (χ3n) is 3.58. The van der Waals surface area contributed by atoms with E-state index in [0.717, 1.165) is 30.0 Å². The summed E-state index contributed by atoms with van der Waals surface area (Å²) in [6.45, 7) is 4.84. The van der Waals surface area contributed by atoms with Crippen molar-refractivity contribution in [1.82, 2.24) is 4.98 Å². The monoisotopic (exact) mass is 249 g/mol. The minimum atomic E-state index is 0.683. The van der Waals surface area contributed by atoms with Crippen molar-refractivity contribution < 1.29 is 0 Å². The quantitative estimate of drug-likeness (QED) is 0.778. The Morgan fingerprint density at radius 2 is 2.05 bits per heavy atom. The molecule has 3 nitrogen and oxygen atoms in total. The molecule has 1 aromatic heterocycles. The second-order valence-electron chi connectivity index (χ2n) is 4.92. The Labute approximate surface area is 113 Å². The van der Waals surface area contributed by atoms with Gasteiger partial charge in [0.2, 0.25) is 0 Å². The minimum Gasteiger partial charge on any atom is -0.325 e. The topological polar surface area (TPSA) is 39.9 Å². The summed E-state index contributed by atoms with van der Waals surface area (Å²) in [6.07, 6.45) is 1.01. The third kappa shape index (κ3) is 1.86. The lowest BCUT2D eigenvalue weighted by Gasteiger charge is -2.21. The molecule has 0 N–H and O–H groups in total. The maximum atomic E-state index is 9.38. The summed E-state index contributed by atoms with van der Waals surface area (Å²) in [5.74, 6) is 0.796. The predicted octanol–water partition coefficient (Wildman–Crippen LogP) is 3.26. The number of nitrogens with zero attached hydrogens (tertiary/aromatic N) is 3. The molecule has 1 aliphatic rings. The lowest BCUT2D eigenvalue weighted by molar-refractivity contribution is 0.959. The number of pyridine rings is 1. The van der Waals surface area contributed by atoms with Crippen LogP contribution in [0.3, 0.4) is 0 Å². The summed E-state index contributed by atoms with van der Waals surface area (Å²) in [4.78, 5) is 6.75. The van der Waals surface area contributed by atoms with Gasteiger partial charge in [-0.25, -0.2) is 4.98 Å². The number of aromatic nitrogens is 1. The van der Waals surface area contributed by atoms with Gasteiger partial charge in [0, 0.05) is 17.9 Å². The van der Waals surface area contributed by atoms with Crippen LogP contribution in [0.15, 0.2) is 30.3 Å². The molecule has 0 amide bonds. The summed E-state index contributed by atoms with van der Waals surface area (Å²) in [5, 5.41) is 9.38. The highest BCUT2D eigenvalue weighted by molar-refractivity contribution is 5.72. The zero-order chi connectivity index (χ0) is 13.4. The number of benzene rings is 1. The number of hydrogen-bond acceptors (Lipinski definition) is 3. The lowest BCUT2D eigenvalue weighted by atomic mass is 10.1. The number of aryl methyl sites for hydroxylation is 2. The number of para-hydroxylation sites is 1. The molecule has 2 aromatic rings. The van der Waals surface area contributed by atoms with Crippen molar-refractivity contribution in [2.75, 3.05) is 11.4 Å². The van der Waals surface area contributed by atoms with Gasteiger partial charge in [-0.15, -0.1) is 0 Å². The van der Waals surface area contributed by atoms with E-state index in [2.05, 4.69) is 34.2 Å². The van der Waals surface area contributed by atoms with Gasteiger partial charge < -0.3 is 4.90 Å². The van der Waals surface area contributed by atoms with Gasteiger partial charge in [-0.05, 0) is 43.5 Å². The van der Waals surface area contributed by atoms with Crippen molar-refractivity contribution in [3.8, 4) is 6.07 Å². The fraction of sp³-hybridized carbons (Fsp3) is 0.250. The lowest BCUT2D eigenvalue weighted by Crippen LogP contribution is -2.17. The van der Waals surface area contributed by atoms with Crippen LogP contribution in [0.4, 0.5) is 11.5 Å². The zero-order valence-electron chi connectivity index (χ0n) is 11.1. The number of hydrogen-bond donors (Lipinski definition) is 0. The Bertz CT molecular complexity index is 683. The minimum absolute atomic E-state index is 0.683. The van der Waals surface area contributed by atoms with Gasteiger partial charge in [-0.2, -0.15) is 5.26 Å². The molecule has 0 aliphatic carbocycles. The first-order valence-corrected chi connectivity index (χ1v) is 6.44. The summed E-state index contributed by atoms with van der Waals surface area (Å²) >= 11 is 0. The molecule has 1 aliphatic heterocycles. The van der Waals surface area contributed by atoms with E-state index < -0.39 is 0 Å². The van der Waals surface area contributed by atoms with Crippen LogP contribution in [0, 0.1) is 25.2 Å². The average molecular weight is 249 g/mol. The van der Waals surface area contributed by atoms with Crippen molar-refractivity contribution in [2.24, 2.45) is 0 Å². The molecule has 0 radical (unpaired) electrons. The van der Waals surface area contributed by atoms with E-state index in [-0.39, 0.29) is 0 Å². The molecule has 0 atom stereocenters.